The Hall–Kier alpha value is -0.560. The molecule has 7 heteroatoms. The Bertz CT molecular complexity index is 513. The van der Waals surface area contributed by atoms with Crippen molar-refractivity contribution in [1.82, 2.24) is 9.80 Å². The lowest BCUT2D eigenvalue weighted by Gasteiger charge is -2.30. The average molecular weight is 391 g/mol. The van der Waals surface area contributed by atoms with Gasteiger partial charge < -0.3 is 14.6 Å². The van der Waals surface area contributed by atoms with Gasteiger partial charge in [-0.1, -0.05) is 30.1 Å². The van der Waals surface area contributed by atoms with Crippen LogP contribution in [0.15, 0.2) is 18.2 Å². The van der Waals surface area contributed by atoms with E-state index in [4.69, 9.17) is 32.7 Å². The summed E-state index contributed by atoms with van der Waals surface area (Å²) >= 11 is 12.0. The van der Waals surface area contributed by atoms with E-state index in [9.17, 15) is 5.11 Å². The van der Waals surface area contributed by atoms with E-state index in [1.54, 1.807) is 18.2 Å². The van der Waals surface area contributed by atoms with E-state index < -0.39 is 6.10 Å². The maximum absolute atomic E-state index is 10.3. The number of hydrogen-bond donors (Lipinski definition) is 1. The fourth-order valence-corrected chi connectivity index (χ4v) is 3.31. The molecule has 1 atom stereocenters. The summed E-state index contributed by atoms with van der Waals surface area (Å²) in [4.78, 5) is 4.69. The first-order valence-electron chi connectivity index (χ1n) is 8.87. The number of benzene rings is 1. The van der Waals surface area contributed by atoms with Crippen molar-refractivity contribution in [3.8, 4) is 5.75 Å². The summed E-state index contributed by atoms with van der Waals surface area (Å²) < 4.78 is 11.0. The van der Waals surface area contributed by atoms with E-state index in [2.05, 4.69) is 16.7 Å². The van der Waals surface area contributed by atoms with Gasteiger partial charge in [-0.05, 0) is 31.2 Å². The minimum absolute atomic E-state index is 0.207. The van der Waals surface area contributed by atoms with Gasteiger partial charge in [-0.25, -0.2) is 0 Å². The highest BCUT2D eigenvalue weighted by molar-refractivity contribution is 6.35. The highest BCUT2D eigenvalue weighted by atomic mass is 35.5. The number of hydrogen-bond acceptors (Lipinski definition) is 5. The van der Waals surface area contributed by atoms with E-state index in [1.807, 2.05) is 0 Å². The van der Waals surface area contributed by atoms with Crippen molar-refractivity contribution in [3.63, 3.8) is 0 Å². The molecule has 2 rings (SSSR count). The van der Waals surface area contributed by atoms with Crippen LogP contribution in [0.4, 0.5) is 0 Å². The lowest BCUT2D eigenvalue weighted by Crippen LogP contribution is -2.44. The van der Waals surface area contributed by atoms with Crippen molar-refractivity contribution in [1.29, 1.82) is 0 Å². The Morgan fingerprint density at radius 3 is 2.72 bits per heavy atom. The zero-order valence-electron chi connectivity index (χ0n) is 14.8. The maximum atomic E-state index is 10.3. The first kappa shape index (κ1) is 20.7. The summed E-state index contributed by atoms with van der Waals surface area (Å²) in [7, 11) is 0. The number of ether oxygens (including phenoxy) is 2. The van der Waals surface area contributed by atoms with Crippen LogP contribution in [0.25, 0.3) is 0 Å². The molecule has 1 unspecified atom stereocenters. The molecule has 0 aromatic heterocycles. The second-order valence-electron chi connectivity index (χ2n) is 6.29. The predicted molar refractivity (Wildman–Crippen MR) is 102 cm³/mol. The summed E-state index contributed by atoms with van der Waals surface area (Å²) in [6.07, 6.45) is 0.489. The number of nitrogens with zero attached hydrogens (tertiary/aromatic N) is 2. The van der Waals surface area contributed by atoms with Crippen molar-refractivity contribution >= 4 is 23.2 Å². The zero-order chi connectivity index (χ0) is 18.1. The lowest BCUT2D eigenvalue weighted by molar-refractivity contribution is 0.0267. The van der Waals surface area contributed by atoms with Gasteiger partial charge in [0.2, 0.25) is 0 Å². The van der Waals surface area contributed by atoms with Crippen LogP contribution >= 0.6 is 23.2 Å². The predicted octanol–water partition coefficient (Wildman–Crippen LogP) is 2.78. The SMILES string of the molecule is CCCN(CCN1CCOCC1)CC(O)COc1ccc(Cl)cc1Cl. The molecule has 1 aromatic carbocycles. The second-order valence-corrected chi connectivity index (χ2v) is 7.14. The van der Waals surface area contributed by atoms with Crippen molar-refractivity contribution in [2.45, 2.75) is 19.4 Å². The Labute approximate surface area is 160 Å². The average Bonchev–Trinajstić information content (AvgIpc) is 2.60. The molecule has 1 saturated heterocycles. The summed E-state index contributed by atoms with van der Waals surface area (Å²) in [6.45, 7) is 9.44. The van der Waals surface area contributed by atoms with Gasteiger partial charge in [0.05, 0.1) is 18.2 Å². The van der Waals surface area contributed by atoms with Crippen LogP contribution in [0.1, 0.15) is 13.3 Å². The van der Waals surface area contributed by atoms with E-state index >= 15 is 0 Å². The highest BCUT2D eigenvalue weighted by Crippen LogP contribution is 2.27. The molecule has 0 saturated carbocycles. The van der Waals surface area contributed by atoms with Gasteiger partial charge in [0, 0.05) is 37.7 Å². The van der Waals surface area contributed by atoms with Crippen molar-refractivity contribution in [3.05, 3.63) is 28.2 Å². The Balaban J connectivity index is 1.75. The minimum atomic E-state index is -0.567. The fourth-order valence-electron chi connectivity index (χ4n) is 2.85. The molecule has 1 N–H and O–H groups in total. The first-order chi connectivity index (χ1) is 12.1. The van der Waals surface area contributed by atoms with Crippen molar-refractivity contribution in [2.75, 3.05) is 59.1 Å². The number of morpholine rings is 1. The van der Waals surface area contributed by atoms with Gasteiger partial charge in [0.25, 0.3) is 0 Å². The molecule has 142 valence electrons. The largest absolute Gasteiger partial charge is 0.489 e. The molecular weight excluding hydrogens is 363 g/mol. The highest BCUT2D eigenvalue weighted by Gasteiger charge is 2.16. The zero-order valence-corrected chi connectivity index (χ0v) is 16.3. The topological polar surface area (TPSA) is 45.2 Å². The fraction of sp³-hybridized carbons (Fsp3) is 0.667. The molecule has 0 amide bonds. The first-order valence-corrected chi connectivity index (χ1v) is 9.62. The van der Waals surface area contributed by atoms with E-state index in [1.165, 1.54) is 0 Å². The van der Waals surface area contributed by atoms with E-state index in [0.717, 1.165) is 52.4 Å². The smallest absolute Gasteiger partial charge is 0.138 e. The molecule has 0 bridgehead atoms. The molecule has 1 aliphatic heterocycles. The van der Waals surface area contributed by atoms with Crippen LogP contribution in [0, 0.1) is 0 Å². The Morgan fingerprint density at radius 1 is 1.28 bits per heavy atom. The van der Waals surface area contributed by atoms with Gasteiger partial charge in [-0.3, -0.25) is 9.80 Å². The summed E-state index contributed by atoms with van der Waals surface area (Å²) in [5.41, 5.74) is 0. The van der Waals surface area contributed by atoms with Crippen LogP contribution in [0.5, 0.6) is 5.75 Å². The number of rotatable bonds is 10. The normalized spacial score (nSPS) is 17.0. The van der Waals surface area contributed by atoms with Crippen LogP contribution < -0.4 is 4.74 Å². The third-order valence-electron chi connectivity index (χ3n) is 4.17. The van der Waals surface area contributed by atoms with Gasteiger partial charge in [-0.2, -0.15) is 0 Å². The standard InChI is InChI=1S/C18H28Cl2N2O3/c1-2-5-22(7-6-21-8-10-24-11-9-21)13-16(23)14-25-18-4-3-15(19)12-17(18)20/h3-4,12,16,23H,2,5-11,13-14H2,1H3. The van der Waals surface area contributed by atoms with Crippen LogP contribution in [-0.2, 0) is 4.74 Å². The molecule has 1 aromatic rings. The quantitative estimate of drug-likeness (QED) is 0.665. The monoisotopic (exact) mass is 390 g/mol. The maximum Gasteiger partial charge on any atom is 0.138 e. The lowest BCUT2D eigenvalue weighted by atomic mass is 10.3. The molecule has 0 aliphatic carbocycles. The van der Waals surface area contributed by atoms with Gasteiger partial charge in [-0.15, -0.1) is 0 Å². The number of aliphatic hydroxyl groups is 1. The van der Waals surface area contributed by atoms with Crippen LogP contribution in [0.3, 0.4) is 0 Å². The molecule has 5 nitrogen and oxygen atoms in total. The van der Waals surface area contributed by atoms with Crippen molar-refractivity contribution in [2.24, 2.45) is 0 Å². The van der Waals surface area contributed by atoms with Gasteiger partial charge >= 0.3 is 0 Å². The second kappa shape index (κ2) is 11.2. The van der Waals surface area contributed by atoms with E-state index in [-0.39, 0.29) is 6.61 Å². The third kappa shape index (κ3) is 7.69. The summed E-state index contributed by atoms with van der Waals surface area (Å²) in [5, 5.41) is 11.3. The molecule has 0 radical (unpaired) electrons. The van der Waals surface area contributed by atoms with Crippen molar-refractivity contribution < 1.29 is 14.6 Å². The Morgan fingerprint density at radius 2 is 2.04 bits per heavy atom. The Kier molecular flexibility index (Phi) is 9.31. The molecular formula is C18H28Cl2N2O3. The summed E-state index contributed by atoms with van der Waals surface area (Å²) in [5.74, 6) is 0.542. The number of halogens is 2. The van der Waals surface area contributed by atoms with Gasteiger partial charge in [0.1, 0.15) is 18.5 Å². The third-order valence-corrected chi connectivity index (χ3v) is 4.70. The molecule has 1 aliphatic rings. The van der Waals surface area contributed by atoms with Gasteiger partial charge in [0.15, 0.2) is 0 Å². The van der Waals surface area contributed by atoms with E-state index in [0.29, 0.717) is 22.3 Å². The summed E-state index contributed by atoms with van der Waals surface area (Å²) in [6, 6.07) is 5.08. The molecule has 25 heavy (non-hydrogen) atoms. The molecule has 1 heterocycles. The molecule has 1 fully saturated rings. The number of aliphatic hydroxyl groups excluding tert-OH is 1. The minimum Gasteiger partial charge on any atom is -0.489 e. The van der Waals surface area contributed by atoms with Crippen LogP contribution in [0.2, 0.25) is 10.0 Å². The van der Waals surface area contributed by atoms with Crippen LogP contribution in [-0.4, -0.2) is 80.1 Å². The molecule has 0 spiro atoms.